The van der Waals surface area contributed by atoms with Gasteiger partial charge in [-0.1, -0.05) is 0 Å². The highest BCUT2D eigenvalue weighted by Gasteiger charge is 2.24. The molecule has 0 amide bonds. The van der Waals surface area contributed by atoms with Crippen molar-refractivity contribution in [3.8, 4) is 0 Å². The smallest absolute Gasteiger partial charge is 0.154 e. The van der Waals surface area contributed by atoms with Crippen LogP contribution in [-0.4, -0.2) is 15.9 Å². The topological polar surface area (TPSA) is 16.1 Å². The number of halogens is 1. The van der Waals surface area contributed by atoms with E-state index in [9.17, 15) is 0 Å². The molecule has 0 bridgehead atoms. The van der Waals surface area contributed by atoms with Crippen molar-refractivity contribution in [1.29, 1.82) is 0 Å². The summed E-state index contributed by atoms with van der Waals surface area (Å²) in [5.74, 6) is 0. The van der Waals surface area contributed by atoms with Crippen molar-refractivity contribution in [2.45, 2.75) is 33.0 Å². The Morgan fingerprint density at radius 2 is 2.25 bits per heavy atom. The van der Waals surface area contributed by atoms with E-state index in [0.717, 1.165) is 13.1 Å². The van der Waals surface area contributed by atoms with Crippen LogP contribution in [0.2, 0.25) is 0 Å². The molecule has 0 unspecified atom stereocenters. The monoisotopic (exact) mass is 294 g/mol. The lowest BCUT2D eigenvalue weighted by Gasteiger charge is -2.18. The molecule has 0 spiro atoms. The Kier molecular flexibility index (Phi) is 2.39. The van der Waals surface area contributed by atoms with E-state index >= 15 is 0 Å². The predicted octanol–water partition coefficient (Wildman–Crippen LogP) is 2.47. The van der Waals surface area contributed by atoms with Crippen molar-refractivity contribution < 1.29 is 0 Å². The molecule has 1 aliphatic rings. The van der Waals surface area contributed by atoms with Crippen molar-refractivity contribution >= 4 is 33.9 Å². The number of aromatic nitrogens is 1. The second-order valence-corrected chi connectivity index (χ2v) is 6.17. The SMILES string of the molecule is CC(C)N1Cc2nc(I)sc2C1. The zero-order valence-corrected chi connectivity index (χ0v) is 10.1. The van der Waals surface area contributed by atoms with Crippen molar-refractivity contribution in [3.63, 3.8) is 0 Å². The van der Waals surface area contributed by atoms with Gasteiger partial charge in [0.25, 0.3) is 0 Å². The zero-order chi connectivity index (χ0) is 8.72. The first-order valence-electron chi connectivity index (χ1n) is 4.05. The molecular weight excluding hydrogens is 283 g/mol. The summed E-state index contributed by atoms with van der Waals surface area (Å²) in [7, 11) is 0. The third kappa shape index (κ3) is 1.52. The summed E-state index contributed by atoms with van der Waals surface area (Å²) in [6.45, 7) is 6.63. The van der Waals surface area contributed by atoms with Gasteiger partial charge in [-0.05, 0) is 36.4 Å². The van der Waals surface area contributed by atoms with Crippen molar-refractivity contribution in [3.05, 3.63) is 13.6 Å². The lowest BCUT2D eigenvalue weighted by Crippen LogP contribution is -2.24. The fourth-order valence-corrected chi connectivity index (χ4v) is 3.30. The average Bonchev–Trinajstić information content (AvgIpc) is 2.42. The summed E-state index contributed by atoms with van der Waals surface area (Å²) in [5, 5.41) is 0. The van der Waals surface area contributed by atoms with Crippen molar-refractivity contribution in [2.24, 2.45) is 0 Å². The minimum absolute atomic E-state index is 0.643. The molecular formula is C8H11IN2S. The molecule has 2 heterocycles. The molecule has 0 fully saturated rings. The summed E-state index contributed by atoms with van der Waals surface area (Å²) in [5.41, 5.74) is 1.30. The average molecular weight is 294 g/mol. The van der Waals surface area contributed by atoms with E-state index < -0.39 is 0 Å². The largest absolute Gasteiger partial charge is 0.290 e. The zero-order valence-electron chi connectivity index (χ0n) is 7.17. The van der Waals surface area contributed by atoms with E-state index in [2.05, 4.69) is 46.3 Å². The van der Waals surface area contributed by atoms with E-state index in [4.69, 9.17) is 0 Å². The first kappa shape index (κ1) is 8.90. The summed E-state index contributed by atoms with van der Waals surface area (Å²) in [4.78, 5) is 8.40. The first-order chi connectivity index (χ1) is 5.66. The fourth-order valence-electron chi connectivity index (χ4n) is 1.40. The number of nitrogens with zero attached hydrogens (tertiary/aromatic N) is 2. The molecule has 0 aromatic carbocycles. The number of hydrogen-bond acceptors (Lipinski definition) is 3. The quantitative estimate of drug-likeness (QED) is 0.740. The van der Waals surface area contributed by atoms with Gasteiger partial charge >= 0.3 is 0 Å². The van der Waals surface area contributed by atoms with Crippen LogP contribution in [0.5, 0.6) is 0 Å². The molecule has 4 heteroatoms. The maximum atomic E-state index is 4.49. The molecule has 0 radical (unpaired) electrons. The third-order valence-electron chi connectivity index (χ3n) is 2.18. The van der Waals surface area contributed by atoms with E-state index in [1.54, 1.807) is 0 Å². The van der Waals surface area contributed by atoms with Gasteiger partial charge in [-0.2, -0.15) is 0 Å². The molecule has 0 N–H and O–H groups in total. The van der Waals surface area contributed by atoms with Gasteiger partial charge in [0.2, 0.25) is 0 Å². The van der Waals surface area contributed by atoms with E-state index in [1.165, 1.54) is 13.6 Å². The Bertz CT molecular complexity index is 272. The van der Waals surface area contributed by atoms with Crippen LogP contribution >= 0.6 is 33.9 Å². The summed E-state index contributed by atoms with van der Waals surface area (Å²) >= 11 is 4.13. The number of rotatable bonds is 1. The first-order valence-corrected chi connectivity index (χ1v) is 5.94. The minimum Gasteiger partial charge on any atom is -0.290 e. The Hall–Kier alpha value is 0.320. The van der Waals surface area contributed by atoms with E-state index in [0.29, 0.717) is 6.04 Å². The fraction of sp³-hybridized carbons (Fsp3) is 0.625. The predicted molar refractivity (Wildman–Crippen MR) is 59.2 cm³/mol. The minimum atomic E-state index is 0.643. The molecule has 0 saturated heterocycles. The summed E-state index contributed by atoms with van der Waals surface area (Å²) < 4.78 is 1.18. The maximum absolute atomic E-state index is 4.49. The van der Waals surface area contributed by atoms with Crippen LogP contribution in [0, 0.1) is 3.01 Å². The highest BCUT2D eigenvalue weighted by molar-refractivity contribution is 14.1. The van der Waals surface area contributed by atoms with E-state index in [-0.39, 0.29) is 0 Å². The van der Waals surface area contributed by atoms with Crippen molar-refractivity contribution in [1.82, 2.24) is 9.88 Å². The van der Waals surface area contributed by atoms with Gasteiger partial charge in [0.15, 0.2) is 3.01 Å². The molecule has 1 aliphatic heterocycles. The van der Waals surface area contributed by atoms with Gasteiger partial charge in [0.05, 0.1) is 5.69 Å². The lowest BCUT2D eigenvalue weighted by atomic mass is 10.3. The molecule has 2 rings (SSSR count). The molecule has 1 aromatic rings. The summed E-state index contributed by atoms with van der Waals surface area (Å²) in [6, 6.07) is 0.643. The number of hydrogen-bond donors (Lipinski definition) is 0. The van der Waals surface area contributed by atoms with Gasteiger partial charge in [-0.15, -0.1) is 11.3 Å². The molecule has 2 nitrogen and oxygen atoms in total. The van der Waals surface area contributed by atoms with Gasteiger partial charge in [0, 0.05) is 24.0 Å². The highest BCUT2D eigenvalue weighted by Crippen LogP contribution is 2.29. The normalized spacial score (nSPS) is 17.3. The number of fused-ring (bicyclic) bond motifs is 1. The van der Waals surface area contributed by atoms with E-state index in [1.807, 2.05) is 11.3 Å². The molecule has 12 heavy (non-hydrogen) atoms. The van der Waals surface area contributed by atoms with Crippen LogP contribution in [-0.2, 0) is 13.1 Å². The second-order valence-electron chi connectivity index (χ2n) is 3.34. The Balaban J connectivity index is 2.18. The van der Waals surface area contributed by atoms with Gasteiger partial charge in [0.1, 0.15) is 0 Å². The maximum Gasteiger partial charge on any atom is 0.154 e. The van der Waals surface area contributed by atoms with Crippen LogP contribution in [0.1, 0.15) is 24.4 Å². The second kappa shape index (κ2) is 3.23. The lowest BCUT2D eigenvalue weighted by molar-refractivity contribution is 0.226. The van der Waals surface area contributed by atoms with Crippen molar-refractivity contribution in [2.75, 3.05) is 0 Å². The van der Waals surface area contributed by atoms with Crippen LogP contribution in [0.15, 0.2) is 0 Å². The molecule has 1 aromatic heterocycles. The summed E-state index contributed by atoms with van der Waals surface area (Å²) in [6.07, 6.45) is 0. The number of thiazole rings is 1. The van der Waals surface area contributed by atoms with Crippen LogP contribution in [0.4, 0.5) is 0 Å². The van der Waals surface area contributed by atoms with Gasteiger partial charge in [-0.3, -0.25) is 4.90 Å². The Morgan fingerprint density at radius 3 is 2.83 bits per heavy atom. The Morgan fingerprint density at radius 1 is 1.50 bits per heavy atom. The van der Waals surface area contributed by atoms with Crippen LogP contribution in [0.25, 0.3) is 0 Å². The molecule has 0 saturated carbocycles. The Labute approximate surface area is 90.1 Å². The molecule has 0 atom stereocenters. The van der Waals surface area contributed by atoms with Crippen LogP contribution in [0.3, 0.4) is 0 Å². The van der Waals surface area contributed by atoms with Gasteiger partial charge in [-0.25, -0.2) is 4.98 Å². The van der Waals surface area contributed by atoms with Crippen LogP contribution < -0.4 is 0 Å². The van der Waals surface area contributed by atoms with Gasteiger partial charge < -0.3 is 0 Å². The highest BCUT2D eigenvalue weighted by atomic mass is 127. The molecule has 0 aliphatic carbocycles. The molecule has 66 valence electrons. The third-order valence-corrected chi connectivity index (χ3v) is 3.95. The standard InChI is InChI=1S/C8H11IN2S/c1-5(2)11-3-6-7(4-11)12-8(9)10-6/h5H,3-4H2,1-2H3.